The van der Waals surface area contributed by atoms with Crippen molar-refractivity contribution in [2.45, 2.75) is 53.2 Å². The molecular weight excluding hydrogens is 298 g/mol. The average molecular weight is 319 g/mol. The van der Waals surface area contributed by atoms with Crippen LogP contribution in [0.1, 0.15) is 37.7 Å². The van der Waals surface area contributed by atoms with Crippen molar-refractivity contribution in [3.05, 3.63) is 23.3 Å². The highest BCUT2D eigenvalue weighted by molar-refractivity contribution is 5.84. The number of carbonyl (C=O) groups excluding carboxylic acids is 2. The molecule has 23 heavy (non-hydrogen) atoms. The Balaban J connectivity index is 2.10. The normalized spacial score (nSPS) is 12.4. The largest absolute Gasteiger partial charge is 0.452 e. The van der Waals surface area contributed by atoms with Crippen molar-refractivity contribution in [3.63, 3.8) is 0 Å². The summed E-state index contributed by atoms with van der Waals surface area (Å²) in [6, 6.07) is -0.00735. The molecule has 2 heterocycles. The minimum Gasteiger partial charge on any atom is -0.452 e. The fraction of sp³-hybridized carbons (Fsp3) is 0.533. The van der Waals surface area contributed by atoms with E-state index < -0.39 is 12.1 Å². The number of amides is 1. The van der Waals surface area contributed by atoms with Gasteiger partial charge in [-0.3, -0.25) is 9.59 Å². The monoisotopic (exact) mass is 319 g/mol. The molecule has 1 N–H and O–H groups in total. The Kier molecular flexibility index (Phi) is 4.92. The van der Waals surface area contributed by atoms with Crippen molar-refractivity contribution in [3.8, 4) is 0 Å². The molecule has 1 amide bonds. The molecule has 0 spiro atoms. The fourth-order valence-corrected chi connectivity index (χ4v) is 2.25. The molecule has 0 saturated heterocycles. The van der Waals surface area contributed by atoms with E-state index in [0.717, 1.165) is 11.3 Å². The predicted molar refractivity (Wildman–Crippen MR) is 82.8 cm³/mol. The minimum absolute atomic E-state index is 0.00735. The lowest BCUT2D eigenvalue weighted by Crippen LogP contribution is -2.39. The number of nitrogens with one attached hydrogen (secondary N) is 1. The first-order valence-electron chi connectivity index (χ1n) is 7.45. The first-order chi connectivity index (χ1) is 10.8. The van der Waals surface area contributed by atoms with Crippen LogP contribution in [0, 0.1) is 13.8 Å². The summed E-state index contributed by atoms with van der Waals surface area (Å²) in [5.41, 5.74) is 2.20. The Morgan fingerprint density at radius 2 is 2.00 bits per heavy atom. The lowest BCUT2D eigenvalue weighted by atomic mass is 10.1. The average Bonchev–Trinajstić information content (AvgIpc) is 2.90. The molecule has 0 aliphatic heterocycles. The molecule has 0 aromatic carbocycles. The maximum absolute atomic E-state index is 12.1. The number of aryl methyl sites for hydroxylation is 2. The fourth-order valence-electron chi connectivity index (χ4n) is 2.25. The summed E-state index contributed by atoms with van der Waals surface area (Å²) in [6.45, 7) is 8.89. The van der Waals surface area contributed by atoms with Gasteiger partial charge in [0.15, 0.2) is 6.10 Å². The highest BCUT2D eigenvalue weighted by atomic mass is 16.5. The van der Waals surface area contributed by atoms with Crippen molar-refractivity contribution >= 4 is 17.7 Å². The lowest BCUT2D eigenvalue weighted by Gasteiger charge is -2.16. The molecule has 0 fully saturated rings. The number of fused-ring (bicyclic) bond motifs is 1. The molecule has 2 rings (SSSR count). The van der Waals surface area contributed by atoms with E-state index in [1.807, 2.05) is 20.8 Å². The molecular formula is C15H21N5O3. The summed E-state index contributed by atoms with van der Waals surface area (Å²) in [7, 11) is 0. The van der Waals surface area contributed by atoms with E-state index in [-0.39, 0.29) is 18.4 Å². The van der Waals surface area contributed by atoms with Gasteiger partial charge in [0.25, 0.3) is 11.7 Å². The first kappa shape index (κ1) is 16.9. The highest BCUT2D eigenvalue weighted by Gasteiger charge is 2.20. The number of nitrogens with zero attached hydrogens (tertiary/aromatic N) is 4. The summed E-state index contributed by atoms with van der Waals surface area (Å²) in [4.78, 5) is 32.2. The third kappa shape index (κ3) is 3.82. The van der Waals surface area contributed by atoms with Crippen LogP contribution in [0.5, 0.6) is 0 Å². The zero-order chi connectivity index (χ0) is 17.1. The van der Waals surface area contributed by atoms with Crippen LogP contribution < -0.4 is 5.32 Å². The third-order valence-electron chi connectivity index (χ3n) is 3.42. The summed E-state index contributed by atoms with van der Waals surface area (Å²) < 4.78 is 6.77. The van der Waals surface area contributed by atoms with Gasteiger partial charge in [0.2, 0.25) is 0 Å². The van der Waals surface area contributed by atoms with Crippen LogP contribution in [0.25, 0.3) is 5.78 Å². The van der Waals surface area contributed by atoms with E-state index in [4.69, 9.17) is 4.74 Å². The van der Waals surface area contributed by atoms with Crippen LogP contribution in [-0.4, -0.2) is 43.6 Å². The number of aromatic nitrogens is 4. The van der Waals surface area contributed by atoms with E-state index in [0.29, 0.717) is 11.5 Å². The van der Waals surface area contributed by atoms with Crippen molar-refractivity contribution in [2.24, 2.45) is 0 Å². The molecule has 0 aliphatic rings. The van der Waals surface area contributed by atoms with Gasteiger partial charge in [-0.05, 0) is 34.6 Å². The number of carbonyl (C=O) groups is 2. The van der Waals surface area contributed by atoms with Crippen molar-refractivity contribution < 1.29 is 14.3 Å². The Morgan fingerprint density at radius 1 is 1.30 bits per heavy atom. The van der Waals surface area contributed by atoms with Gasteiger partial charge in [-0.25, -0.2) is 9.50 Å². The van der Waals surface area contributed by atoms with E-state index in [1.165, 1.54) is 6.33 Å². The van der Waals surface area contributed by atoms with E-state index >= 15 is 0 Å². The number of hydrogen-bond donors (Lipinski definition) is 1. The molecule has 1 atom stereocenters. The van der Waals surface area contributed by atoms with Gasteiger partial charge in [-0.2, -0.15) is 10.1 Å². The molecule has 0 bridgehead atoms. The van der Waals surface area contributed by atoms with E-state index in [9.17, 15) is 9.59 Å². The van der Waals surface area contributed by atoms with Gasteiger partial charge in [-0.1, -0.05) is 0 Å². The SMILES string of the molecule is Cc1nc2ncnn2c(C)c1CC(=O)O[C@H](C)C(=O)NC(C)C. The smallest absolute Gasteiger partial charge is 0.311 e. The van der Waals surface area contributed by atoms with E-state index in [1.54, 1.807) is 18.4 Å². The van der Waals surface area contributed by atoms with Crippen LogP contribution in [0.2, 0.25) is 0 Å². The Morgan fingerprint density at radius 3 is 2.65 bits per heavy atom. The molecule has 0 saturated carbocycles. The minimum atomic E-state index is -0.839. The van der Waals surface area contributed by atoms with Gasteiger partial charge < -0.3 is 10.1 Å². The van der Waals surface area contributed by atoms with Gasteiger partial charge >= 0.3 is 5.97 Å². The van der Waals surface area contributed by atoms with Crippen molar-refractivity contribution in [1.29, 1.82) is 0 Å². The Labute approximate surface area is 134 Å². The first-order valence-corrected chi connectivity index (χ1v) is 7.45. The summed E-state index contributed by atoms with van der Waals surface area (Å²) in [5.74, 6) is -0.308. The second-order valence-electron chi connectivity index (χ2n) is 5.71. The second-order valence-corrected chi connectivity index (χ2v) is 5.71. The van der Waals surface area contributed by atoms with Crippen LogP contribution in [0.3, 0.4) is 0 Å². The number of esters is 1. The third-order valence-corrected chi connectivity index (χ3v) is 3.42. The van der Waals surface area contributed by atoms with Gasteiger partial charge in [0.05, 0.1) is 6.42 Å². The summed E-state index contributed by atoms with van der Waals surface area (Å²) >= 11 is 0. The van der Waals surface area contributed by atoms with Crippen molar-refractivity contribution in [2.75, 3.05) is 0 Å². The van der Waals surface area contributed by atoms with Crippen LogP contribution in [0.15, 0.2) is 6.33 Å². The molecule has 124 valence electrons. The zero-order valence-electron chi connectivity index (χ0n) is 14.0. The molecule has 0 radical (unpaired) electrons. The standard InChI is InChI=1S/C15H21N5O3/c1-8(2)18-14(22)11(5)23-13(21)6-12-9(3)19-15-16-7-17-20(15)10(12)4/h7-8,11H,6H2,1-5H3,(H,18,22)/t11-/m1/s1. The molecule has 8 heteroatoms. The lowest BCUT2D eigenvalue weighted by molar-refractivity contribution is -0.154. The van der Waals surface area contributed by atoms with Crippen LogP contribution in [0.4, 0.5) is 0 Å². The molecule has 2 aromatic heterocycles. The van der Waals surface area contributed by atoms with Gasteiger partial charge in [0, 0.05) is 23.0 Å². The summed E-state index contributed by atoms with van der Waals surface area (Å²) in [5, 5.41) is 6.78. The highest BCUT2D eigenvalue weighted by Crippen LogP contribution is 2.14. The summed E-state index contributed by atoms with van der Waals surface area (Å²) in [6.07, 6.45) is 0.600. The Bertz CT molecular complexity index is 738. The molecule has 0 aliphatic carbocycles. The Hall–Kier alpha value is -2.51. The van der Waals surface area contributed by atoms with Gasteiger partial charge in [0.1, 0.15) is 6.33 Å². The van der Waals surface area contributed by atoms with Crippen molar-refractivity contribution in [1.82, 2.24) is 24.9 Å². The van der Waals surface area contributed by atoms with E-state index in [2.05, 4.69) is 20.4 Å². The molecule has 2 aromatic rings. The van der Waals surface area contributed by atoms with Crippen LogP contribution >= 0.6 is 0 Å². The number of rotatable bonds is 5. The molecule has 0 unspecified atom stereocenters. The number of ether oxygens (including phenoxy) is 1. The predicted octanol–water partition coefficient (Wildman–Crippen LogP) is 0.740. The topological polar surface area (TPSA) is 98.5 Å². The zero-order valence-corrected chi connectivity index (χ0v) is 14.0. The second kappa shape index (κ2) is 6.72. The quantitative estimate of drug-likeness (QED) is 0.816. The maximum Gasteiger partial charge on any atom is 0.311 e. The van der Waals surface area contributed by atoms with Gasteiger partial charge in [-0.15, -0.1) is 0 Å². The molecule has 8 nitrogen and oxygen atoms in total. The maximum atomic E-state index is 12.1. The van der Waals surface area contributed by atoms with Crippen LogP contribution in [-0.2, 0) is 20.7 Å². The number of hydrogen-bond acceptors (Lipinski definition) is 6.